The first-order valence-electron chi connectivity index (χ1n) is 8.50. The number of carbonyl (C=O) groups is 1. The lowest BCUT2D eigenvalue weighted by molar-refractivity contribution is 0.0124. The number of anilines is 1. The summed E-state index contributed by atoms with van der Waals surface area (Å²) in [6.45, 7) is 1.74. The molecule has 1 spiro atoms. The Morgan fingerprint density at radius 1 is 1.42 bits per heavy atom. The highest BCUT2D eigenvalue weighted by molar-refractivity contribution is 5.92. The van der Waals surface area contributed by atoms with Crippen molar-refractivity contribution in [2.24, 2.45) is 0 Å². The summed E-state index contributed by atoms with van der Waals surface area (Å²) in [7, 11) is 0. The number of nitrogens with one attached hydrogen (secondary N) is 1. The molecule has 132 valence electrons. The lowest BCUT2D eigenvalue weighted by Crippen LogP contribution is -2.36. The van der Waals surface area contributed by atoms with E-state index in [0.717, 1.165) is 12.8 Å². The SMILES string of the molecule is N#Cc1cccc(NC2COC3(CCN(C(=O)c4cnccn4)C3)C2)n1. The molecule has 0 aromatic carbocycles. The molecule has 2 aliphatic rings. The quantitative estimate of drug-likeness (QED) is 0.888. The van der Waals surface area contributed by atoms with Gasteiger partial charge in [-0.3, -0.25) is 9.78 Å². The number of aromatic nitrogens is 3. The molecule has 4 rings (SSSR count). The van der Waals surface area contributed by atoms with Crippen LogP contribution in [0.3, 0.4) is 0 Å². The fraction of sp³-hybridized carbons (Fsp3) is 0.389. The summed E-state index contributed by atoms with van der Waals surface area (Å²) in [5.74, 6) is 0.554. The van der Waals surface area contributed by atoms with Gasteiger partial charge in [-0.2, -0.15) is 5.26 Å². The molecule has 4 heterocycles. The molecule has 8 nitrogen and oxygen atoms in total. The van der Waals surface area contributed by atoms with Crippen molar-refractivity contribution < 1.29 is 9.53 Å². The third-order valence-corrected chi connectivity index (χ3v) is 4.81. The van der Waals surface area contributed by atoms with Crippen molar-refractivity contribution in [2.45, 2.75) is 24.5 Å². The van der Waals surface area contributed by atoms with E-state index < -0.39 is 0 Å². The molecular weight excluding hydrogens is 332 g/mol. The highest BCUT2D eigenvalue weighted by Crippen LogP contribution is 2.36. The van der Waals surface area contributed by atoms with E-state index in [4.69, 9.17) is 10.00 Å². The number of nitrogens with zero attached hydrogens (tertiary/aromatic N) is 5. The van der Waals surface area contributed by atoms with Gasteiger partial charge in [0.25, 0.3) is 5.91 Å². The van der Waals surface area contributed by atoms with Gasteiger partial charge in [0.1, 0.15) is 23.3 Å². The average molecular weight is 350 g/mol. The predicted octanol–water partition coefficient (Wildman–Crippen LogP) is 1.23. The zero-order valence-corrected chi connectivity index (χ0v) is 14.1. The largest absolute Gasteiger partial charge is 0.371 e. The molecule has 2 aromatic heterocycles. The number of pyridine rings is 1. The molecule has 1 amide bonds. The molecule has 8 heteroatoms. The normalized spacial score (nSPS) is 24.6. The van der Waals surface area contributed by atoms with Gasteiger partial charge < -0.3 is 15.0 Å². The summed E-state index contributed by atoms with van der Waals surface area (Å²) in [4.78, 5) is 26.6. The Balaban J connectivity index is 1.39. The second-order valence-electron chi connectivity index (χ2n) is 6.63. The van der Waals surface area contributed by atoms with Crippen LogP contribution in [0.5, 0.6) is 0 Å². The zero-order chi connectivity index (χ0) is 18.0. The Hall–Kier alpha value is -3.05. The van der Waals surface area contributed by atoms with Crippen LogP contribution in [0.15, 0.2) is 36.8 Å². The monoisotopic (exact) mass is 350 g/mol. The lowest BCUT2D eigenvalue weighted by atomic mass is 9.97. The topological polar surface area (TPSA) is 104 Å². The zero-order valence-electron chi connectivity index (χ0n) is 14.1. The second-order valence-corrected chi connectivity index (χ2v) is 6.63. The molecule has 0 saturated carbocycles. The van der Waals surface area contributed by atoms with Crippen molar-refractivity contribution in [3.8, 4) is 6.07 Å². The first-order chi connectivity index (χ1) is 12.7. The second kappa shape index (κ2) is 6.69. The van der Waals surface area contributed by atoms with Crippen molar-refractivity contribution in [3.63, 3.8) is 0 Å². The first-order valence-corrected chi connectivity index (χ1v) is 8.50. The van der Waals surface area contributed by atoms with E-state index >= 15 is 0 Å². The van der Waals surface area contributed by atoms with E-state index in [9.17, 15) is 4.79 Å². The molecule has 0 radical (unpaired) electrons. The number of ether oxygens (including phenoxy) is 1. The molecule has 0 bridgehead atoms. The Labute approximate surface area is 150 Å². The Morgan fingerprint density at radius 2 is 2.35 bits per heavy atom. The first kappa shape index (κ1) is 16.4. The van der Waals surface area contributed by atoms with Crippen molar-refractivity contribution in [3.05, 3.63) is 48.2 Å². The summed E-state index contributed by atoms with van der Waals surface area (Å²) in [6, 6.07) is 7.45. The van der Waals surface area contributed by atoms with Gasteiger partial charge in [-0.25, -0.2) is 9.97 Å². The molecule has 2 saturated heterocycles. The number of hydrogen-bond donors (Lipinski definition) is 1. The van der Waals surface area contributed by atoms with Crippen LogP contribution in [0, 0.1) is 11.3 Å². The number of rotatable bonds is 3. The van der Waals surface area contributed by atoms with E-state index in [0.29, 0.717) is 36.9 Å². The minimum atomic E-state index is -0.331. The average Bonchev–Trinajstić information content (AvgIpc) is 3.28. The van der Waals surface area contributed by atoms with Gasteiger partial charge in [0.2, 0.25) is 0 Å². The lowest BCUT2D eigenvalue weighted by Gasteiger charge is -2.23. The molecule has 1 N–H and O–H groups in total. The molecule has 2 fully saturated rings. The van der Waals surface area contributed by atoms with E-state index in [1.54, 1.807) is 23.2 Å². The smallest absolute Gasteiger partial charge is 0.274 e. The standard InChI is InChI=1S/C18H18N6O2/c19-9-13-2-1-3-16(22-13)23-14-8-18(26-11-14)4-7-24(12-18)17(25)15-10-20-5-6-21-15/h1-3,5-6,10,14H,4,7-8,11-12H2,(H,22,23). The third-order valence-electron chi connectivity index (χ3n) is 4.81. The molecule has 2 unspecified atom stereocenters. The highest BCUT2D eigenvalue weighted by Gasteiger charge is 2.47. The number of carbonyl (C=O) groups excluding carboxylic acids is 1. The van der Waals surface area contributed by atoms with Gasteiger partial charge in [-0.15, -0.1) is 0 Å². The summed E-state index contributed by atoms with van der Waals surface area (Å²) < 4.78 is 6.07. The van der Waals surface area contributed by atoms with E-state index in [1.165, 1.54) is 12.4 Å². The molecular formula is C18H18N6O2. The molecule has 2 atom stereocenters. The van der Waals surface area contributed by atoms with Crippen molar-refractivity contribution in [1.29, 1.82) is 5.26 Å². The van der Waals surface area contributed by atoms with Crippen LogP contribution in [0.2, 0.25) is 0 Å². The minimum absolute atomic E-state index is 0.100. The van der Waals surface area contributed by atoms with E-state index in [2.05, 4.69) is 20.3 Å². The molecule has 26 heavy (non-hydrogen) atoms. The summed E-state index contributed by atoms with van der Waals surface area (Å²) in [5.41, 5.74) is 0.405. The maximum atomic E-state index is 12.5. The Kier molecular flexibility index (Phi) is 4.22. The highest BCUT2D eigenvalue weighted by atomic mass is 16.5. The van der Waals surface area contributed by atoms with Crippen LogP contribution in [-0.4, -0.2) is 57.1 Å². The van der Waals surface area contributed by atoms with Crippen molar-refractivity contribution >= 4 is 11.7 Å². The van der Waals surface area contributed by atoms with Crippen LogP contribution in [0.4, 0.5) is 5.82 Å². The van der Waals surface area contributed by atoms with Gasteiger partial charge >= 0.3 is 0 Å². The maximum absolute atomic E-state index is 12.5. The van der Waals surface area contributed by atoms with Crippen LogP contribution in [0.25, 0.3) is 0 Å². The third kappa shape index (κ3) is 3.21. The van der Waals surface area contributed by atoms with E-state index in [1.807, 2.05) is 12.1 Å². The predicted molar refractivity (Wildman–Crippen MR) is 92.2 cm³/mol. The number of nitriles is 1. The number of amides is 1. The fourth-order valence-electron chi connectivity index (χ4n) is 3.60. The van der Waals surface area contributed by atoms with Crippen LogP contribution in [-0.2, 0) is 4.74 Å². The Bertz CT molecular complexity index is 852. The summed E-state index contributed by atoms with van der Waals surface area (Å²) >= 11 is 0. The molecule has 2 aromatic rings. The number of likely N-dealkylation sites (tertiary alicyclic amines) is 1. The molecule has 0 aliphatic carbocycles. The fourth-order valence-corrected chi connectivity index (χ4v) is 3.60. The van der Waals surface area contributed by atoms with Gasteiger partial charge in [-0.1, -0.05) is 6.07 Å². The van der Waals surface area contributed by atoms with Crippen LogP contribution < -0.4 is 5.32 Å². The van der Waals surface area contributed by atoms with Gasteiger partial charge in [0.15, 0.2) is 0 Å². The van der Waals surface area contributed by atoms with Crippen molar-refractivity contribution in [2.75, 3.05) is 25.0 Å². The van der Waals surface area contributed by atoms with Gasteiger partial charge in [-0.05, 0) is 18.6 Å². The van der Waals surface area contributed by atoms with E-state index in [-0.39, 0.29) is 17.6 Å². The van der Waals surface area contributed by atoms with Crippen molar-refractivity contribution in [1.82, 2.24) is 19.9 Å². The van der Waals surface area contributed by atoms with Crippen LogP contribution in [0.1, 0.15) is 29.0 Å². The summed E-state index contributed by atoms with van der Waals surface area (Å²) in [5, 5.41) is 12.3. The Morgan fingerprint density at radius 3 is 3.15 bits per heavy atom. The minimum Gasteiger partial charge on any atom is -0.371 e. The van der Waals surface area contributed by atoms with Crippen LogP contribution >= 0.6 is 0 Å². The summed E-state index contributed by atoms with van der Waals surface area (Å²) in [6.07, 6.45) is 6.14. The van der Waals surface area contributed by atoms with Gasteiger partial charge in [0.05, 0.1) is 31.0 Å². The molecule has 2 aliphatic heterocycles. The maximum Gasteiger partial charge on any atom is 0.274 e. The van der Waals surface area contributed by atoms with Gasteiger partial charge in [0, 0.05) is 25.4 Å². The number of hydrogen-bond acceptors (Lipinski definition) is 7.